The van der Waals surface area contributed by atoms with Gasteiger partial charge in [-0.3, -0.25) is 19.2 Å². The summed E-state index contributed by atoms with van der Waals surface area (Å²) < 4.78 is 24.3. The monoisotopic (exact) mass is 734 g/mol. The molecule has 4 aliphatic carbocycles. The number of esters is 4. The van der Waals surface area contributed by atoms with Gasteiger partial charge in [0.05, 0.1) is 25.9 Å². The predicted molar refractivity (Wildman–Crippen MR) is 199 cm³/mol. The molecule has 0 aromatic heterocycles. The number of unbranched alkanes of at least 4 members (excludes halogenated alkanes) is 5. The van der Waals surface area contributed by atoms with Gasteiger partial charge in [0, 0.05) is 37.4 Å². The van der Waals surface area contributed by atoms with Crippen LogP contribution in [-0.2, 0) is 38.1 Å². The molecule has 11 nitrogen and oxygen atoms in total. The lowest BCUT2D eigenvalue weighted by atomic mass is 9.43. The molecule has 4 aliphatic rings. The average molecular weight is 734 g/mol. The van der Waals surface area contributed by atoms with Crippen LogP contribution in [0.1, 0.15) is 143 Å². The SMILES string of the molecule is CCCCCCCCOC(=O)CCC(C)C1CCC2C3C(OC(=O)CCN)CC4CC(OC(=O)CCN)CCC4(C)C3CC(OC(=O)CCN)C12C. The first-order valence-electron chi connectivity index (χ1n) is 20.8. The number of carbonyl (C=O) groups excluding carboxylic acids is 4. The first kappa shape index (κ1) is 42.5. The number of fused-ring (bicyclic) bond motifs is 5. The molecule has 0 aromatic rings. The van der Waals surface area contributed by atoms with Crippen LogP contribution in [0.3, 0.4) is 0 Å². The van der Waals surface area contributed by atoms with Crippen LogP contribution < -0.4 is 17.2 Å². The maximum Gasteiger partial charge on any atom is 0.307 e. The van der Waals surface area contributed by atoms with Gasteiger partial charge in [-0.15, -0.1) is 0 Å². The molecule has 11 unspecified atom stereocenters. The Hall–Kier alpha value is -2.24. The number of nitrogens with two attached hydrogens (primary N) is 3. The average Bonchev–Trinajstić information content (AvgIpc) is 3.46. The fourth-order valence-electron chi connectivity index (χ4n) is 11.2. The highest BCUT2D eigenvalue weighted by atomic mass is 16.6. The molecular formula is C41H71N3O8. The normalized spacial score (nSPS) is 34.3. The molecule has 0 spiro atoms. The number of hydrogen-bond donors (Lipinski definition) is 3. The molecule has 0 saturated heterocycles. The van der Waals surface area contributed by atoms with E-state index in [1.54, 1.807) is 0 Å². The highest BCUT2D eigenvalue weighted by Crippen LogP contribution is 2.69. The van der Waals surface area contributed by atoms with E-state index in [1.807, 2.05) is 0 Å². The van der Waals surface area contributed by atoms with Crippen molar-refractivity contribution in [2.45, 2.75) is 162 Å². The minimum absolute atomic E-state index is 0.0910. The Balaban J connectivity index is 1.56. The van der Waals surface area contributed by atoms with Gasteiger partial charge < -0.3 is 36.1 Å². The lowest BCUT2D eigenvalue weighted by Gasteiger charge is -2.64. The summed E-state index contributed by atoms with van der Waals surface area (Å²) in [5.41, 5.74) is 16.7. The lowest BCUT2D eigenvalue weighted by Crippen LogP contribution is -2.63. The Labute approximate surface area is 312 Å². The zero-order valence-corrected chi connectivity index (χ0v) is 32.8. The molecule has 298 valence electrons. The van der Waals surface area contributed by atoms with Gasteiger partial charge in [-0.25, -0.2) is 0 Å². The van der Waals surface area contributed by atoms with Crippen molar-refractivity contribution in [2.75, 3.05) is 26.2 Å². The summed E-state index contributed by atoms with van der Waals surface area (Å²) in [4.78, 5) is 51.6. The van der Waals surface area contributed by atoms with Crippen LogP contribution in [0.5, 0.6) is 0 Å². The Bertz CT molecular complexity index is 1180. The second-order valence-electron chi connectivity index (χ2n) is 17.0. The van der Waals surface area contributed by atoms with Gasteiger partial charge in [-0.05, 0) is 92.8 Å². The van der Waals surface area contributed by atoms with Gasteiger partial charge in [0.15, 0.2) is 0 Å². The second-order valence-corrected chi connectivity index (χ2v) is 17.0. The summed E-state index contributed by atoms with van der Waals surface area (Å²) in [5.74, 6) is -0.00360. The molecule has 4 rings (SSSR count). The van der Waals surface area contributed by atoms with Crippen LogP contribution in [0.2, 0.25) is 0 Å². The van der Waals surface area contributed by atoms with Crippen molar-refractivity contribution < 1.29 is 38.1 Å². The Morgan fingerprint density at radius 1 is 0.712 bits per heavy atom. The van der Waals surface area contributed by atoms with Crippen molar-refractivity contribution in [3.8, 4) is 0 Å². The van der Waals surface area contributed by atoms with Gasteiger partial charge in [-0.2, -0.15) is 0 Å². The van der Waals surface area contributed by atoms with Crippen molar-refractivity contribution in [1.29, 1.82) is 0 Å². The van der Waals surface area contributed by atoms with Crippen LogP contribution in [-0.4, -0.2) is 68.4 Å². The summed E-state index contributed by atoms with van der Waals surface area (Å²) in [7, 11) is 0. The molecule has 4 saturated carbocycles. The zero-order valence-electron chi connectivity index (χ0n) is 32.8. The van der Waals surface area contributed by atoms with E-state index in [9.17, 15) is 19.2 Å². The molecule has 0 heterocycles. The maximum absolute atomic E-state index is 13.2. The first-order chi connectivity index (χ1) is 24.9. The van der Waals surface area contributed by atoms with E-state index in [4.69, 9.17) is 36.1 Å². The molecule has 6 N–H and O–H groups in total. The van der Waals surface area contributed by atoms with E-state index in [0.29, 0.717) is 38.7 Å². The van der Waals surface area contributed by atoms with Crippen molar-refractivity contribution in [1.82, 2.24) is 0 Å². The minimum atomic E-state index is -0.371. The molecular weight excluding hydrogens is 662 g/mol. The van der Waals surface area contributed by atoms with Gasteiger partial charge in [0.25, 0.3) is 0 Å². The Morgan fingerprint density at radius 2 is 1.35 bits per heavy atom. The molecule has 4 fully saturated rings. The fourth-order valence-corrected chi connectivity index (χ4v) is 11.2. The summed E-state index contributed by atoms with van der Waals surface area (Å²) in [6.45, 7) is 10.3. The first-order valence-corrected chi connectivity index (χ1v) is 20.8. The smallest absolute Gasteiger partial charge is 0.307 e. The third-order valence-corrected chi connectivity index (χ3v) is 13.9. The molecule has 0 aliphatic heterocycles. The number of hydrogen-bond acceptors (Lipinski definition) is 11. The Kier molecular flexibility index (Phi) is 16.3. The maximum atomic E-state index is 13.2. The number of rotatable bonds is 20. The highest BCUT2D eigenvalue weighted by molar-refractivity contribution is 5.71. The predicted octanol–water partition coefficient (Wildman–Crippen LogP) is 5.97. The van der Waals surface area contributed by atoms with E-state index in [-0.39, 0.29) is 127 Å². The molecule has 52 heavy (non-hydrogen) atoms. The lowest BCUT2D eigenvalue weighted by molar-refractivity contribution is -0.225. The summed E-state index contributed by atoms with van der Waals surface area (Å²) in [6, 6.07) is 0. The Morgan fingerprint density at radius 3 is 2.02 bits per heavy atom. The topological polar surface area (TPSA) is 183 Å². The van der Waals surface area contributed by atoms with Crippen molar-refractivity contribution in [2.24, 2.45) is 63.5 Å². The third kappa shape index (κ3) is 10.1. The van der Waals surface area contributed by atoms with Gasteiger partial charge in [-0.1, -0.05) is 59.8 Å². The van der Waals surface area contributed by atoms with Gasteiger partial charge in [0.1, 0.15) is 18.3 Å². The number of carbonyl (C=O) groups is 4. The minimum Gasteiger partial charge on any atom is -0.466 e. The fraction of sp³-hybridized carbons (Fsp3) is 0.902. The van der Waals surface area contributed by atoms with Crippen LogP contribution in [0.25, 0.3) is 0 Å². The van der Waals surface area contributed by atoms with E-state index >= 15 is 0 Å². The van der Waals surface area contributed by atoms with Crippen molar-refractivity contribution >= 4 is 23.9 Å². The summed E-state index contributed by atoms with van der Waals surface area (Å²) in [6.07, 6.45) is 13.2. The van der Waals surface area contributed by atoms with E-state index in [0.717, 1.165) is 38.5 Å². The summed E-state index contributed by atoms with van der Waals surface area (Å²) in [5, 5.41) is 0. The molecule has 0 bridgehead atoms. The highest BCUT2D eigenvalue weighted by Gasteiger charge is 2.67. The number of ether oxygens (including phenoxy) is 4. The summed E-state index contributed by atoms with van der Waals surface area (Å²) >= 11 is 0. The largest absolute Gasteiger partial charge is 0.466 e. The van der Waals surface area contributed by atoms with Crippen molar-refractivity contribution in [3.05, 3.63) is 0 Å². The van der Waals surface area contributed by atoms with Crippen LogP contribution in [0, 0.1) is 46.3 Å². The molecule has 11 heteroatoms. The second kappa shape index (κ2) is 19.9. The van der Waals surface area contributed by atoms with E-state index in [2.05, 4.69) is 27.7 Å². The van der Waals surface area contributed by atoms with E-state index in [1.165, 1.54) is 25.7 Å². The molecule has 0 amide bonds. The van der Waals surface area contributed by atoms with Gasteiger partial charge in [0.2, 0.25) is 0 Å². The standard InChI is InChI=1S/C41H71N3O8/c1-5-6-7-8-9-10-23-49-35(45)14-11-27(2)30-12-13-31-39-32(26-34(41(30,31)4)52-38(48)18-22-44)40(3)19-15-29(50-36(46)16-20-42)24-28(40)25-33(39)51-37(47)17-21-43/h27-34,39H,5-26,42-44H2,1-4H3. The van der Waals surface area contributed by atoms with Crippen molar-refractivity contribution in [3.63, 3.8) is 0 Å². The molecule has 11 atom stereocenters. The molecule has 0 aromatic carbocycles. The quantitative estimate of drug-likeness (QED) is 0.0762. The van der Waals surface area contributed by atoms with Gasteiger partial charge >= 0.3 is 23.9 Å². The van der Waals surface area contributed by atoms with Crippen LogP contribution in [0.4, 0.5) is 0 Å². The zero-order chi connectivity index (χ0) is 37.9. The molecule has 0 radical (unpaired) electrons. The van der Waals surface area contributed by atoms with Crippen LogP contribution >= 0.6 is 0 Å². The van der Waals surface area contributed by atoms with E-state index < -0.39 is 0 Å². The van der Waals surface area contributed by atoms with Crippen LogP contribution in [0.15, 0.2) is 0 Å². The third-order valence-electron chi connectivity index (χ3n) is 13.9.